The standard InChI is InChI=1S/C23H24F3N6O5S/c1-13-8-15(30(3)27-13)11-31-19-5-4-17(38(35,36)29-22(6-7-22)23(24,25)26)10-18(19)20(33)32(21(31)34)12-16-9-14(2)28-37-16/h4-5,8-10,18,29H,6-7,11-12H2,1-3H3/q+1. The van der Waals surface area contributed by atoms with Crippen LogP contribution in [0.3, 0.4) is 0 Å². The molecule has 1 unspecified atom stereocenters. The molecule has 3 aliphatic rings. The second kappa shape index (κ2) is 8.73. The lowest BCUT2D eigenvalue weighted by molar-refractivity contribution is -0.457. The monoisotopic (exact) mass is 553 g/mol. The van der Waals surface area contributed by atoms with E-state index >= 15 is 0 Å². The summed E-state index contributed by atoms with van der Waals surface area (Å²) in [4.78, 5) is 27.4. The molecule has 38 heavy (non-hydrogen) atoms. The van der Waals surface area contributed by atoms with E-state index in [1.54, 1.807) is 42.4 Å². The van der Waals surface area contributed by atoms with Gasteiger partial charge in [-0.05, 0) is 51.0 Å². The van der Waals surface area contributed by atoms with E-state index < -0.39 is 44.5 Å². The molecule has 0 saturated heterocycles. The molecule has 1 aliphatic heterocycles. The van der Waals surface area contributed by atoms with Crippen molar-refractivity contribution in [2.75, 3.05) is 0 Å². The topological polar surface area (TPSA) is 130 Å². The van der Waals surface area contributed by atoms with Crippen LogP contribution < -0.4 is 4.72 Å². The third kappa shape index (κ3) is 4.49. The molecule has 2 aliphatic carbocycles. The van der Waals surface area contributed by atoms with Crippen LogP contribution in [0.5, 0.6) is 0 Å². The maximum Gasteiger partial charge on any atom is 0.501 e. The van der Waals surface area contributed by atoms with Crippen LogP contribution in [0.4, 0.5) is 18.0 Å². The van der Waals surface area contributed by atoms with Crippen molar-refractivity contribution in [3.63, 3.8) is 0 Å². The minimum absolute atomic E-state index is 0.0108. The lowest BCUT2D eigenvalue weighted by atomic mass is 9.94. The molecular formula is C23H24F3N6O5S+. The Morgan fingerprint density at radius 1 is 1.18 bits per heavy atom. The average Bonchev–Trinajstić information content (AvgIpc) is 3.39. The van der Waals surface area contributed by atoms with E-state index in [2.05, 4.69) is 10.3 Å². The quantitative estimate of drug-likeness (QED) is 0.521. The van der Waals surface area contributed by atoms with Gasteiger partial charge in [0.2, 0.25) is 10.0 Å². The second-order valence-corrected chi connectivity index (χ2v) is 11.3. The maximum absolute atomic E-state index is 13.5. The molecule has 202 valence electrons. The number of carbonyl (C=O) groups excluding carboxylic acids is 2. The highest BCUT2D eigenvalue weighted by Gasteiger charge is 2.65. The van der Waals surface area contributed by atoms with Crippen molar-refractivity contribution in [1.82, 2.24) is 24.6 Å². The second-order valence-electron chi connectivity index (χ2n) is 9.62. The first kappa shape index (κ1) is 26.0. The van der Waals surface area contributed by atoms with Crippen LogP contribution in [0, 0.1) is 19.8 Å². The summed E-state index contributed by atoms with van der Waals surface area (Å²) < 4.78 is 76.0. The summed E-state index contributed by atoms with van der Waals surface area (Å²) in [6, 6.07) is 2.64. The van der Waals surface area contributed by atoms with E-state index in [0.29, 0.717) is 17.1 Å². The number of hydrogen-bond donors (Lipinski definition) is 1. The van der Waals surface area contributed by atoms with Gasteiger partial charge in [-0.2, -0.15) is 37.3 Å². The number of urea groups is 1. The summed E-state index contributed by atoms with van der Waals surface area (Å²) in [5.41, 5.74) is -0.442. The largest absolute Gasteiger partial charge is 0.501 e. The minimum Gasteiger partial charge on any atom is -0.357 e. The highest BCUT2D eigenvalue weighted by atomic mass is 32.2. The number of rotatable bonds is 7. The number of amides is 3. The van der Waals surface area contributed by atoms with Crippen LogP contribution in [-0.4, -0.2) is 62.2 Å². The molecule has 0 radical (unpaired) electrons. The summed E-state index contributed by atoms with van der Waals surface area (Å²) in [5, 5.41) is 8.03. The highest BCUT2D eigenvalue weighted by Crippen LogP contribution is 2.49. The first-order chi connectivity index (χ1) is 17.7. The van der Waals surface area contributed by atoms with E-state index in [4.69, 9.17) is 4.52 Å². The number of nitrogens with one attached hydrogen (secondary N) is 1. The molecule has 15 heteroatoms. The number of carbonyl (C=O) groups is 2. The fourth-order valence-electron chi connectivity index (χ4n) is 4.54. The van der Waals surface area contributed by atoms with Gasteiger partial charge in [-0.3, -0.25) is 4.68 Å². The fraction of sp³-hybridized carbons (Fsp3) is 0.435. The van der Waals surface area contributed by atoms with Gasteiger partial charge in [0.1, 0.15) is 23.7 Å². The predicted molar refractivity (Wildman–Crippen MR) is 125 cm³/mol. The Morgan fingerprint density at radius 2 is 1.89 bits per heavy atom. The molecule has 11 nitrogen and oxygen atoms in total. The van der Waals surface area contributed by atoms with Crippen LogP contribution in [-0.2, 0) is 35.0 Å². The lowest BCUT2D eigenvalue weighted by Crippen LogP contribution is -2.54. The molecule has 3 amide bonds. The number of sulfonamides is 1. The molecule has 0 bridgehead atoms. The van der Waals surface area contributed by atoms with Crippen molar-refractivity contribution in [3.8, 4) is 0 Å². The van der Waals surface area contributed by atoms with E-state index in [0.717, 1.165) is 17.1 Å². The molecule has 2 aromatic heterocycles. The zero-order valence-electron chi connectivity index (χ0n) is 20.6. The predicted octanol–water partition coefficient (Wildman–Crippen LogP) is 2.23. The Labute approximate surface area is 215 Å². The number of hydrogen-bond acceptors (Lipinski definition) is 7. The van der Waals surface area contributed by atoms with Crippen molar-refractivity contribution in [1.29, 1.82) is 0 Å². The molecule has 1 fully saturated rings. The fourth-order valence-corrected chi connectivity index (χ4v) is 6.05. The molecule has 1 atom stereocenters. The molecule has 1 N–H and O–H groups in total. The molecular weight excluding hydrogens is 529 g/mol. The first-order valence-corrected chi connectivity index (χ1v) is 13.1. The van der Waals surface area contributed by atoms with Gasteiger partial charge in [0.25, 0.3) is 0 Å². The molecule has 5 rings (SSSR count). The summed E-state index contributed by atoms with van der Waals surface area (Å²) in [5.74, 6) is -1.76. The Hall–Kier alpha value is -3.59. The van der Waals surface area contributed by atoms with E-state index in [9.17, 15) is 31.2 Å². The van der Waals surface area contributed by atoms with Gasteiger partial charge < -0.3 is 4.52 Å². The Bertz CT molecular complexity index is 1540. The number of allylic oxidation sites excluding steroid dienone is 2. The van der Waals surface area contributed by atoms with Crippen molar-refractivity contribution < 1.29 is 40.3 Å². The van der Waals surface area contributed by atoms with Crippen molar-refractivity contribution in [2.45, 2.75) is 51.5 Å². The molecule has 1 saturated carbocycles. The first-order valence-electron chi connectivity index (χ1n) is 11.6. The number of imide groups is 1. The molecule has 0 aromatic carbocycles. The number of nitrogens with zero attached hydrogens (tertiary/aromatic N) is 5. The average molecular weight is 554 g/mol. The third-order valence-electron chi connectivity index (χ3n) is 6.72. The Morgan fingerprint density at radius 3 is 2.45 bits per heavy atom. The number of aromatic nitrogens is 3. The summed E-state index contributed by atoms with van der Waals surface area (Å²) in [7, 11) is -2.93. The van der Waals surface area contributed by atoms with Gasteiger partial charge in [0.15, 0.2) is 12.3 Å². The lowest BCUT2D eigenvalue weighted by Gasteiger charge is -2.28. The Kier molecular flexibility index (Phi) is 5.98. The third-order valence-corrected chi connectivity index (χ3v) is 8.27. The molecule has 2 aromatic rings. The van der Waals surface area contributed by atoms with Gasteiger partial charge in [0.05, 0.1) is 22.0 Å². The SMILES string of the molecule is Cc1cc(CN2C(=O)C3C=C(S(=O)(=O)NC4(C(F)(F)F)CC4)C=CC3=[N+](Cc3cc(C)nn3C)C2=O)on1. The number of aryl methyl sites for hydroxylation is 3. The Balaban J connectivity index is 1.54. The van der Waals surface area contributed by atoms with Crippen molar-refractivity contribution in [2.24, 2.45) is 13.0 Å². The van der Waals surface area contributed by atoms with Gasteiger partial charge >= 0.3 is 18.1 Å². The van der Waals surface area contributed by atoms with Gasteiger partial charge in [-0.25, -0.2) is 13.2 Å². The number of alkyl halides is 3. The van der Waals surface area contributed by atoms with Crippen LogP contribution in [0.2, 0.25) is 0 Å². The number of fused-ring (bicyclic) bond motifs is 1. The summed E-state index contributed by atoms with van der Waals surface area (Å²) >= 11 is 0. The summed E-state index contributed by atoms with van der Waals surface area (Å²) in [6.45, 7) is 3.19. The highest BCUT2D eigenvalue weighted by molar-refractivity contribution is 7.93. The molecule has 3 heterocycles. The summed E-state index contributed by atoms with van der Waals surface area (Å²) in [6.07, 6.45) is -2.06. The van der Waals surface area contributed by atoms with Crippen molar-refractivity contribution in [3.05, 3.63) is 58.1 Å². The zero-order chi connectivity index (χ0) is 27.6. The maximum atomic E-state index is 13.5. The smallest absolute Gasteiger partial charge is 0.357 e. The van der Waals surface area contributed by atoms with E-state index in [1.807, 2.05) is 0 Å². The normalized spacial score (nSPS) is 21.2. The van der Waals surface area contributed by atoms with E-state index in [1.165, 1.54) is 10.7 Å². The van der Waals surface area contributed by atoms with Gasteiger partial charge in [-0.1, -0.05) is 5.16 Å². The van der Waals surface area contributed by atoms with E-state index in [-0.39, 0.29) is 37.4 Å². The van der Waals surface area contributed by atoms with Crippen LogP contribution in [0.15, 0.2) is 39.8 Å². The molecule has 0 spiro atoms. The van der Waals surface area contributed by atoms with Crippen LogP contribution >= 0.6 is 0 Å². The zero-order valence-corrected chi connectivity index (χ0v) is 21.4. The van der Waals surface area contributed by atoms with Crippen LogP contribution in [0.25, 0.3) is 0 Å². The van der Waals surface area contributed by atoms with Gasteiger partial charge in [-0.15, -0.1) is 0 Å². The van der Waals surface area contributed by atoms with Crippen molar-refractivity contribution >= 4 is 27.7 Å². The van der Waals surface area contributed by atoms with Gasteiger partial charge in [0, 0.05) is 13.1 Å². The minimum atomic E-state index is -4.76. The van der Waals surface area contributed by atoms with Crippen LogP contribution in [0.1, 0.15) is 35.7 Å². The number of halogens is 3.